The molecule has 0 aliphatic rings. The van der Waals surface area contributed by atoms with Gasteiger partial charge in [0.15, 0.2) is 0 Å². The van der Waals surface area contributed by atoms with Gasteiger partial charge in [0.25, 0.3) is 0 Å². The second kappa shape index (κ2) is 6.39. The second-order valence-corrected chi connectivity index (χ2v) is 3.70. The maximum Gasteiger partial charge on any atom is 0.418 e. The Labute approximate surface area is 107 Å². The molecule has 1 aromatic rings. The van der Waals surface area contributed by atoms with Crippen LogP contribution in [0.1, 0.15) is 5.56 Å². The molecule has 0 aliphatic carbocycles. The van der Waals surface area contributed by atoms with Gasteiger partial charge < -0.3 is 20.8 Å². The van der Waals surface area contributed by atoms with Gasteiger partial charge in [-0.1, -0.05) is 12.1 Å². The highest BCUT2D eigenvalue weighted by Crippen LogP contribution is 2.34. The van der Waals surface area contributed by atoms with Gasteiger partial charge in [-0.05, 0) is 12.1 Å². The molecule has 0 bridgehead atoms. The van der Waals surface area contributed by atoms with E-state index in [-0.39, 0.29) is 0 Å². The summed E-state index contributed by atoms with van der Waals surface area (Å²) < 4.78 is 37.9. The van der Waals surface area contributed by atoms with Crippen molar-refractivity contribution in [3.05, 3.63) is 29.8 Å². The Morgan fingerprint density at radius 3 is 2.32 bits per heavy atom. The minimum Gasteiger partial charge on any atom is -0.394 e. The van der Waals surface area contributed by atoms with Gasteiger partial charge in [0, 0.05) is 0 Å². The van der Waals surface area contributed by atoms with Crippen LogP contribution in [0.2, 0.25) is 0 Å². The first-order valence-electron chi connectivity index (χ1n) is 5.34. The van der Waals surface area contributed by atoms with E-state index in [4.69, 9.17) is 10.2 Å². The average Bonchev–Trinajstić information content (AvgIpc) is 2.35. The molecule has 0 radical (unpaired) electrons. The van der Waals surface area contributed by atoms with Crippen LogP contribution in [0.5, 0.6) is 0 Å². The van der Waals surface area contributed by atoms with Gasteiger partial charge in [0.2, 0.25) is 0 Å². The first-order valence-corrected chi connectivity index (χ1v) is 5.34. The third kappa shape index (κ3) is 4.42. The Hall–Kier alpha value is -1.80. The van der Waals surface area contributed by atoms with Crippen molar-refractivity contribution in [2.75, 3.05) is 18.5 Å². The molecule has 106 valence electrons. The monoisotopic (exact) mass is 278 g/mol. The SMILES string of the molecule is O=C(Nc1ccccc1C(F)(F)F)NC(CO)CO. The lowest BCUT2D eigenvalue weighted by Gasteiger charge is -2.16. The Morgan fingerprint density at radius 2 is 1.79 bits per heavy atom. The van der Waals surface area contributed by atoms with Crippen LogP contribution in [-0.2, 0) is 6.18 Å². The number of aliphatic hydroxyl groups is 2. The van der Waals surface area contributed by atoms with Crippen LogP contribution in [0.15, 0.2) is 24.3 Å². The van der Waals surface area contributed by atoms with Crippen LogP contribution in [0, 0.1) is 0 Å². The summed E-state index contributed by atoms with van der Waals surface area (Å²) in [7, 11) is 0. The summed E-state index contributed by atoms with van der Waals surface area (Å²) in [5.41, 5.74) is -1.38. The summed E-state index contributed by atoms with van der Waals surface area (Å²) in [5, 5.41) is 21.6. The summed E-state index contributed by atoms with van der Waals surface area (Å²) in [4.78, 5) is 11.4. The zero-order chi connectivity index (χ0) is 14.5. The number of carbonyl (C=O) groups is 1. The van der Waals surface area contributed by atoms with Gasteiger partial charge in [0.05, 0.1) is 30.5 Å². The lowest BCUT2D eigenvalue weighted by atomic mass is 10.1. The molecule has 5 nitrogen and oxygen atoms in total. The van der Waals surface area contributed by atoms with E-state index in [2.05, 4.69) is 5.32 Å². The molecule has 0 spiro atoms. The zero-order valence-electron chi connectivity index (χ0n) is 9.74. The first-order chi connectivity index (χ1) is 8.88. The van der Waals surface area contributed by atoms with E-state index in [9.17, 15) is 18.0 Å². The van der Waals surface area contributed by atoms with Crippen molar-refractivity contribution in [1.29, 1.82) is 0 Å². The predicted molar refractivity (Wildman–Crippen MR) is 61.6 cm³/mol. The highest BCUT2D eigenvalue weighted by atomic mass is 19.4. The van der Waals surface area contributed by atoms with E-state index in [1.807, 2.05) is 5.32 Å². The molecule has 19 heavy (non-hydrogen) atoms. The molecular formula is C11H13F3N2O3. The fraction of sp³-hybridized carbons (Fsp3) is 0.364. The van der Waals surface area contributed by atoms with E-state index < -0.39 is 42.7 Å². The van der Waals surface area contributed by atoms with Crippen LogP contribution in [0.3, 0.4) is 0 Å². The fourth-order valence-corrected chi connectivity index (χ4v) is 1.33. The molecule has 0 aromatic heterocycles. The lowest BCUT2D eigenvalue weighted by Crippen LogP contribution is -2.42. The number of hydrogen-bond donors (Lipinski definition) is 4. The first kappa shape index (κ1) is 15.3. The van der Waals surface area contributed by atoms with Crippen molar-refractivity contribution in [2.45, 2.75) is 12.2 Å². The number of urea groups is 1. The fourth-order valence-electron chi connectivity index (χ4n) is 1.33. The molecule has 1 aromatic carbocycles. The summed E-state index contributed by atoms with van der Waals surface area (Å²) in [6, 6.07) is 2.62. The highest BCUT2D eigenvalue weighted by molar-refractivity contribution is 5.90. The van der Waals surface area contributed by atoms with Crippen LogP contribution in [0.4, 0.5) is 23.7 Å². The molecule has 8 heteroatoms. The number of halogens is 3. The third-order valence-electron chi connectivity index (χ3n) is 2.26. The van der Waals surface area contributed by atoms with Gasteiger partial charge in [-0.25, -0.2) is 4.79 Å². The largest absolute Gasteiger partial charge is 0.418 e. The standard InChI is InChI=1S/C11H13F3N2O3/c12-11(13,14)8-3-1-2-4-9(8)16-10(19)15-7(5-17)6-18/h1-4,7,17-18H,5-6H2,(H2,15,16,19). The Morgan fingerprint density at radius 1 is 1.21 bits per heavy atom. The van der Waals surface area contributed by atoms with E-state index in [0.29, 0.717) is 0 Å². The van der Waals surface area contributed by atoms with Crippen LogP contribution < -0.4 is 10.6 Å². The van der Waals surface area contributed by atoms with E-state index in [0.717, 1.165) is 12.1 Å². The molecule has 0 unspecified atom stereocenters. The normalized spacial score (nSPS) is 11.5. The molecule has 2 amide bonds. The number of aliphatic hydroxyl groups excluding tert-OH is 2. The molecule has 1 rings (SSSR count). The molecule has 0 fully saturated rings. The Kier molecular flexibility index (Phi) is 5.13. The number of nitrogens with one attached hydrogen (secondary N) is 2. The van der Waals surface area contributed by atoms with Crippen molar-refractivity contribution in [3.63, 3.8) is 0 Å². The van der Waals surface area contributed by atoms with Gasteiger partial charge in [-0.15, -0.1) is 0 Å². The molecule has 0 atom stereocenters. The zero-order valence-corrected chi connectivity index (χ0v) is 9.74. The smallest absolute Gasteiger partial charge is 0.394 e. The number of anilines is 1. The number of benzene rings is 1. The van der Waals surface area contributed by atoms with Crippen LogP contribution in [-0.4, -0.2) is 35.5 Å². The number of hydrogen-bond acceptors (Lipinski definition) is 3. The maximum absolute atomic E-state index is 12.6. The van der Waals surface area contributed by atoms with Gasteiger partial charge >= 0.3 is 12.2 Å². The second-order valence-electron chi connectivity index (χ2n) is 3.70. The summed E-state index contributed by atoms with van der Waals surface area (Å²) in [5.74, 6) is 0. The number of para-hydroxylation sites is 1. The topological polar surface area (TPSA) is 81.6 Å². The van der Waals surface area contributed by atoms with Gasteiger partial charge in [-0.2, -0.15) is 13.2 Å². The summed E-state index contributed by atoms with van der Waals surface area (Å²) >= 11 is 0. The van der Waals surface area contributed by atoms with E-state index in [1.165, 1.54) is 12.1 Å². The number of alkyl halides is 3. The van der Waals surface area contributed by atoms with Crippen molar-refractivity contribution < 1.29 is 28.2 Å². The molecule has 0 saturated heterocycles. The maximum atomic E-state index is 12.6. The Balaban J connectivity index is 2.80. The van der Waals surface area contributed by atoms with Crippen molar-refractivity contribution >= 4 is 11.7 Å². The van der Waals surface area contributed by atoms with E-state index in [1.54, 1.807) is 0 Å². The summed E-state index contributed by atoms with van der Waals surface area (Å²) in [6.45, 7) is -1.05. The molecule has 0 saturated carbocycles. The van der Waals surface area contributed by atoms with Crippen LogP contribution in [0.25, 0.3) is 0 Å². The Bertz CT molecular complexity index is 433. The summed E-state index contributed by atoms with van der Waals surface area (Å²) in [6.07, 6.45) is -4.59. The molecule has 0 heterocycles. The average molecular weight is 278 g/mol. The minimum absolute atomic E-state index is 0.401. The number of rotatable bonds is 4. The quantitative estimate of drug-likeness (QED) is 0.667. The predicted octanol–water partition coefficient (Wildman–Crippen LogP) is 1.18. The third-order valence-corrected chi connectivity index (χ3v) is 2.26. The van der Waals surface area contributed by atoms with Crippen molar-refractivity contribution in [2.24, 2.45) is 0 Å². The number of carbonyl (C=O) groups excluding carboxylic acids is 1. The van der Waals surface area contributed by atoms with Gasteiger partial charge in [0.1, 0.15) is 0 Å². The highest BCUT2D eigenvalue weighted by Gasteiger charge is 2.33. The van der Waals surface area contributed by atoms with E-state index >= 15 is 0 Å². The van der Waals surface area contributed by atoms with Gasteiger partial charge in [-0.3, -0.25) is 0 Å². The molecule has 0 aliphatic heterocycles. The molecular weight excluding hydrogens is 265 g/mol. The van der Waals surface area contributed by atoms with Crippen molar-refractivity contribution in [3.8, 4) is 0 Å². The van der Waals surface area contributed by atoms with Crippen LogP contribution >= 0.6 is 0 Å². The number of amides is 2. The lowest BCUT2D eigenvalue weighted by molar-refractivity contribution is -0.136. The molecule has 4 N–H and O–H groups in total. The van der Waals surface area contributed by atoms with Crippen molar-refractivity contribution in [1.82, 2.24) is 5.32 Å². The minimum atomic E-state index is -4.59.